The van der Waals surface area contributed by atoms with Crippen molar-refractivity contribution in [3.63, 3.8) is 0 Å². The number of thiazole rings is 1. The molecule has 1 heterocycles. The van der Waals surface area contributed by atoms with Crippen molar-refractivity contribution in [3.8, 4) is 0 Å². The first-order chi connectivity index (χ1) is 12.6. The van der Waals surface area contributed by atoms with Crippen LogP contribution in [0.2, 0.25) is 0 Å². The molecule has 0 amide bonds. The van der Waals surface area contributed by atoms with Crippen molar-refractivity contribution in [1.82, 2.24) is 4.98 Å². The van der Waals surface area contributed by atoms with Crippen LogP contribution in [0.4, 0.5) is 16.6 Å². The molecule has 0 atom stereocenters. The zero-order valence-electron chi connectivity index (χ0n) is 13.5. The molecule has 0 saturated carbocycles. The quantitative estimate of drug-likeness (QED) is 0.271. The summed E-state index contributed by atoms with van der Waals surface area (Å²) in [7, 11) is 0. The highest BCUT2D eigenvalue weighted by Gasteiger charge is 2.10. The van der Waals surface area contributed by atoms with E-state index in [0.717, 1.165) is 10.6 Å². The number of nitrogens with two attached hydrogens (primary N) is 1. The van der Waals surface area contributed by atoms with E-state index in [-0.39, 0.29) is 5.69 Å². The van der Waals surface area contributed by atoms with Crippen LogP contribution in [-0.4, -0.2) is 16.1 Å². The third-order valence-electron chi connectivity index (χ3n) is 3.33. The lowest BCUT2D eigenvalue weighted by Crippen LogP contribution is -1.95. The highest BCUT2D eigenvalue weighted by Crippen LogP contribution is 2.28. The van der Waals surface area contributed by atoms with E-state index in [1.807, 2.05) is 30.3 Å². The van der Waals surface area contributed by atoms with Gasteiger partial charge in [0.2, 0.25) is 5.13 Å². The van der Waals surface area contributed by atoms with Gasteiger partial charge in [0.05, 0.1) is 11.1 Å². The zero-order chi connectivity index (χ0) is 18.4. The summed E-state index contributed by atoms with van der Waals surface area (Å²) in [5.74, 6) is 1.18. The van der Waals surface area contributed by atoms with Crippen molar-refractivity contribution in [2.24, 2.45) is 5.10 Å². The Balaban J connectivity index is 1.77. The second kappa shape index (κ2) is 8.45. The first-order valence-electron chi connectivity index (χ1n) is 7.57. The molecule has 26 heavy (non-hydrogen) atoms. The van der Waals surface area contributed by atoms with E-state index >= 15 is 0 Å². The Labute approximate surface area is 158 Å². The molecule has 0 aliphatic carbocycles. The summed E-state index contributed by atoms with van der Waals surface area (Å²) >= 11 is 2.93. The van der Waals surface area contributed by atoms with Crippen LogP contribution in [0.3, 0.4) is 0 Å². The summed E-state index contributed by atoms with van der Waals surface area (Å²) in [5.41, 5.74) is 10.2. The molecule has 3 N–H and O–H groups in total. The number of anilines is 2. The van der Waals surface area contributed by atoms with Gasteiger partial charge in [-0.3, -0.25) is 15.5 Å². The second-order valence-electron chi connectivity index (χ2n) is 5.20. The predicted octanol–water partition coefficient (Wildman–Crippen LogP) is 4.37. The van der Waals surface area contributed by atoms with E-state index in [9.17, 15) is 10.1 Å². The smallest absolute Gasteiger partial charge is 0.270 e. The van der Waals surface area contributed by atoms with Gasteiger partial charge in [-0.25, -0.2) is 4.98 Å². The largest absolute Gasteiger partial charge is 0.383 e. The maximum absolute atomic E-state index is 11.1. The monoisotopic (exact) mass is 385 g/mol. The number of nitrogens with zero attached hydrogens (tertiary/aromatic N) is 3. The van der Waals surface area contributed by atoms with E-state index < -0.39 is 4.92 Å². The molecule has 7 nitrogen and oxygen atoms in total. The summed E-state index contributed by atoms with van der Waals surface area (Å²) in [4.78, 5) is 15.6. The Morgan fingerprint density at radius 3 is 2.81 bits per heavy atom. The van der Waals surface area contributed by atoms with Gasteiger partial charge >= 0.3 is 0 Å². The van der Waals surface area contributed by atoms with Crippen LogP contribution in [0.1, 0.15) is 11.1 Å². The zero-order valence-corrected chi connectivity index (χ0v) is 15.2. The molecular formula is C17H15N5O2S2. The molecule has 3 aromatic rings. The number of non-ortho nitro benzene ring substituents is 1. The fraction of sp³-hybridized carbons (Fsp3) is 0.0588. The lowest BCUT2D eigenvalue weighted by Gasteiger charge is -2.06. The van der Waals surface area contributed by atoms with Gasteiger partial charge in [0.15, 0.2) is 0 Å². The molecule has 2 aromatic carbocycles. The number of hydrogen-bond donors (Lipinski definition) is 2. The molecule has 0 bridgehead atoms. The van der Waals surface area contributed by atoms with E-state index in [1.165, 1.54) is 29.0 Å². The van der Waals surface area contributed by atoms with E-state index in [2.05, 4.69) is 15.5 Å². The van der Waals surface area contributed by atoms with Crippen LogP contribution in [0, 0.1) is 10.1 Å². The van der Waals surface area contributed by atoms with Crippen molar-refractivity contribution in [3.05, 3.63) is 75.2 Å². The number of rotatable bonds is 7. The molecule has 3 rings (SSSR count). The summed E-state index contributed by atoms with van der Waals surface area (Å²) in [6, 6.07) is 14.8. The van der Waals surface area contributed by atoms with E-state index in [1.54, 1.807) is 29.4 Å². The second-order valence-corrected chi connectivity index (χ2v) is 7.08. The lowest BCUT2D eigenvalue weighted by molar-refractivity contribution is -0.384. The Morgan fingerprint density at radius 1 is 1.31 bits per heavy atom. The third-order valence-corrected chi connectivity index (χ3v) is 5.25. The summed E-state index contributed by atoms with van der Waals surface area (Å²) < 4.78 is 0. The molecule has 0 radical (unpaired) electrons. The van der Waals surface area contributed by atoms with Crippen LogP contribution in [0.15, 0.2) is 63.9 Å². The van der Waals surface area contributed by atoms with Gasteiger partial charge in [-0.2, -0.15) is 5.10 Å². The van der Waals surface area contributed by atoms with E-state index in [0.29, 0.717) is 16.5 Å². The number of benzene rings is 2. The molecule has 0 spiro atoms. The van der Waals surface area contributed by atoms with Crippen molar-refractivity contribution in [1.29, 1.82) is 0 Å². The van der Waals surface area contributed by atoms with Crippen molar-refractivity contribution in [2.75, 3.05) is 11.2 Å². The number of nitro benzene ring substituents is 1. The van der Waals surface area contributed by atoms with E-state index in [4.69, 9.17) is 5.73 Å². The minimum Gasteiger partial charge on any atom is -0.383 e. The number of nitrogens with one attached hydrogen (secondary N) is 1. The number of nitrogen functional groups attached to an aromatic ring is 1. The SMILES string of the molecule is Nc1csc(NN=Cc2cc([N+](=O)[O-])ccc2SCc2ccccc2)n1. The molecule has 1 aromatic heterocycles. The summed E-state index contributed by atoms with van der Waals surface area (Å²) in [5, 5.41) is 17.4. The van der Waals surface area contributed by atoms with Crippen molar-refractivity contribution < 1.29 is 4.92 Å². The van der Waals surface area contributed by atoms with Gasteiger partial charge in [0.1, 0.15) is 5.82 Å². The van der Waals surface area contributed by atoms with Crippen LogP contribution >= 0.6 is 23.1 Å². The van der Waals surface area contributed by atoms with Gasteiger partial charge in [-0.05, 0) is 11.6 Å². The Morgan fingerprint density at radius 2 is 2.12 bits per heavy atom. The molecule has 0 unspecified atom stereocenters. The van der Waals surface area contributed by atoms with Gasteiger partial charge in [0, 0.05) is 33.7 Å². The lowest BCUT2D eigenvalue weighted by atomic mass is 10.2. The Kier molecular flexibility index (Phi) is 5.82. The molecule has 9 heteroatoms. The predicted molar refractivity (Wildman–Crippen MR) is 107 cm³/mol. The molecular weight excluding hydrogens is 370 g/mol. The fourth-order valence-electron chi connectivity index (χ4n) is 2.11. The molecule has 0 aliphatic heterocycles. The molecule has 0 fully saturated rings. The first kappa shape index (κ1) is 17.9. The average molecular weight is 385 g/mol. The Bertz CT molecular complexity index is 928. The third kappa shape index (κ3) is 4.80. The van der Waals surface area contributed by atoms with Crippen LogP contribution in [-0.2, 0) is 5.75 Å². The van der Waals surface area contributed by atoms with Crippen LogP contribution in [0.5, 0.6) is 0 Å². The fourth-order valence-corrected chi connectivity index (χ4v) is 3.62. The standard InChI is InChI=1S/C17H15N5O2S2/c18-16-11-26-17(20-16)21-19-9-13-8-14(22(23)24)6-7-15(13)25-10-12-4-2-1-3-5-12/h1-9,11H,10,18H2,(H,20,21). The number of nitro groups is 1. The van der Waals surface area contributed by atoms with Crippen LogP contribution in [0.25, 0.3) is 0 Å². The van der Waals surface area contributed by atoms with Crippen LogP contribution < -0.4 is 11.2 Å². The highest BCUT2D eigenvalue weighted by molar-refractivity contribution is 7.98. The minimum atomic E-state index is -0.419. The summed E-state index contributed by atoms with van der Waals surface area (Å²) in [6.07, 6.45) is 1.55. The molecule has 132 valence electrons. The Hall–Kier alpha value is -2.91. The van der Waals surface area contributed by atoms with Gasteiger partial charge < -0.3 is 5.73 Å². The number of hydrazone groups is 1. The summed E-state index contributed by atoms with van der Waals surface area (Å²) in [6.45, 7) is 0. The van der Waals surface area contributed by atoms with Gasteiger partial charge in [-0.15, -0.1) is 23.1 Å². The maximum atomic E-state index is 11.1. The number of hydrogen-bond acceptors (Lipinski definition) is 8. The number of aromatic nitrogens is 1. The average Bonchev–Trinajstić information content (AvgIpc) is 3.06. The molecule has 0 saturated heterocycles. The molecule has 0 aliphatic rings. The highest BCUT2D eigenvalue weighted by atomic mass is 32.2. The normalized spacial score (nSPS) is 10.9. The first-order valence-corrected chi connectivity index (χ1v) is 9.43. The van der Waals surface area contributed by atoms with Gasteiger partial charge in [-0.1, -0.05) is 30.3 Å². The minimum absolute atomic E-state index is 0.0222. The maximum Gasteiger partial charge on any atom is 0.270 e. The number of thioether (sulfide) groups is 1. The topological polar surface area (TPSA) is 106 Å². The van der Waals surface area contributed by atoms with Crippen molar-refractivity contribution >= 4 is 46.0 Å². The van der Waals surface area contributed by atoms with Crippen molar-refractivity contribution in [2.45, 2.75) is 10.6 Å². The van der Waals surface area contributed by atoms with Gasteiger partial charge in [0.25, 0.3) is 5.69 Å².